The number of imide groups is 1. The lowest BCUT2D eigenvalue weighted by atomic mass is 9.75. The summed E-state index contributed by atoms with van der Waals surface area (Å²) in [7, 11) is 1.54. The molecule has 3 amide bonds. The first-order chi connectivity index (χ1) is 15.7. The second-order valence-corrected chi connectivity index (χ2v) is 9.26. The van der Waals surface area contributed by atoms with Gasteiger partial charge in [-0.25, -0.2) is 0 Å². The van der Waals surface area contributed by atoms with E-state index in [2.05, 4.69) is 10.6 Å². The number of rotatable bonds is 4. The average molecular weight is 450 g/mol. The number of methoxy groups -OCH3 is 1. The van der Waals surface area contributed by atoms with E-state index in [1.807, 2.05) is 38.1 Å². The molecule has 3 heterocycles. The number of carbonyl (C=O) groups is 3. The van der Waals surface area contributed by atoms with Crippen LogP contribution in [0.2, 0.25) is 0 Å². The Bertz CT molecular complexity index is 1190. The van der Waals surface area contributed by atoms with Crippen LogP contribution in [0.4, 0.5) is 5.69 Å². The van der Waals surface area contributed by atoms with Crippen molar-refractivity contribution in [3.63, 3.8) is 0 Å². The molecule has 2 aromatic rings. The molecule has 0 bridgehead atoms. The minimum absolute atomic E-state index is 0.0403. The molecule has 3 N–H and O–H groups in total. The first kappa shape index (κ1) is 21.6. The highest BCUT2D eigenvalue weighted by Gasteiger charge is 2.71. The predicted molar refractivity (Wildman–Crippen MR) is 120 cm³/mol. The summed E-state index contributed by atoms with van der Waals surface area (Å²) >= 11 is 0. The van der Waals surface area contributed by atoms with Crippen molar-refractivity contribution in [2.24, 2.45) is 11.8 Å². The van der Waals surface area contributed by atoms with E-state index < -0.39 is 41.3 Å². The van der Waals surface area contributed by atoms with Gasteiger partial charge in [-0.15, -0.1) is 0 Å². The molecule has 2 aromatic carbocycles. The molecule has 5 atom stereocenters. The summed E-state index contributed by atoms with van der Waals surface area (Å²) < 4.78 is 5.40. The number of benzene rings is 2. The number of nitrogens with zero attached hydrogens (tertiary/aromatic N) is 1. The fourth-order valence-corrected chi connectivity index (χ4v) is 5.82. The Kier molecular flexibility index (Phi) is 4.84. The number of ether oxygens (including phenoxy) is 1. The molecule has 0 aliphatic carbocycles. The van der Waals surface area contributed by atoms with Crippen LogP contribution in [0.1, 0.15) is 29.2 Å². The molecule has 5 rings (SSSR count). The minimum Gasteiger partial charge on any atom is -0.496 e. The fourth-order valence-electron chi connectivity index (χ4n) is 5.82. The van der Waals surface area contributed by atoms with Crippen molar-refractivity contribution in [1.82, 2.24) is 10.2 Å². The molecular formula is C25H27N3O5. The number of likely N-dealkylation sites (tertiary alicyclic amines) is 1. The molecule has 8 heteroatoms. The van der Waals surface area contributed by atoms with E-state index in [-0.39, 0.29) is 12.5 Å². The van der Waals surface area contributed by atoms with E-state index in [1.54, 1.807) is 19.1 Å². The highest BCUT2D eigenvalue weighted by Crippen LogP contribution is 2.54. The fraction of sp³-hybridized carbons (Fsp3) is 0.400. The zero-order valence-electron chi connectivity index (χ0n) is 19.0. The van der Waals surface area contributed by atoms with E-state index >= 15 is 0 Å². The van der Waals surface area contributed by atoms with Gasteiger partial charge in [0.2, 0.25) is 17.7 Å². The van der Waals surface area contributed by atoms with Gasteiger partial charge in [0, 0.05) is 22.9 Å². The minimum atomic E-state index is -1.42. The molecule has 172 valence electrons. The van der Waals surface area contributed by atoms with E-state index in [0.717, 1.165) is 11.1 Å². The largest absolute Gasteiger partial charge is 0.496 e. The molecule has 0 saturated carbocycles. The predicted octanol–water partition coefficient (Wildman–Crippen LogP) is 1.61. The number of amides is 3. The molecule has 3 aliphatic rings. The van der Waals surface area contributed by atoms with Crippen molar-refractivity contribution in [2.45, 2.75) is 45.0 Å². The van der Waals surface area contributed by atoms with Crippen molar-refractivity contribution in [3.8, 4) is 5.75 Å². The molecule has 0 unspecified atom stereocenters. The summed E-state index contributed by atoms with van der Waals surface area (Å²) in [6, 6.07) is 10.3. The number of nitrogens with one attached hydrogen (secondary N) is 2. The van der Waals surface area contributed by atoms with Crippen LogP contribution in [0.15, 0.2) is 36.4 Å². The number of hydrogen-bond donors (Lipinski definition) is 3. The molecule has 3 aliphatic heterocycles. The van der Waals surface area contributed by atoms with Crippen molar-refractivity contribution in [3.05, 3.63) is 58.7 Å². The SMILES string of the molecule is COc1ccccc1CN1C(=O)[C@@H]2[C@@H]([C@@H](C)O)N[C@@]3(C(=O)Nc4c(C)cc(C)cc43)[C@@H]2C1=O. The Morgan fingerprint density at radius 3 is 2.58 bits per heavy atom. The standard InChI is InChI=1S/C25H27N3O5/c1-12-9-13(2)20-16(10-12)25(24(32)26-20)19-18(21(27-25)14(3)29)22(30)28(23(19)31)11-15-7-5-6-8-17(15)33-4/h5-10,14,18-19,21,27,29H,11H2,1-4H3,(H,26,32)/t14-,18+,19+,21-,25-/m1/s1. The van der Waals surface area contributed by atoms with Crippen LogP contribution in [0.25, 0.3) is 0 Å². The van der Waals surface area contributed by atoms with E-state index in [9.17, 15) is 19.5 Å². The van der Waals surface area contributed by atoms with Gasteiger partial charge in [0.05, 0.1) is 31.6 Å². The summed E-state index contributed by atoms with van der Waals surface area (Å²) in [5, 5.41) is 16.7. The second-order valence-electron chi connectivity index (χ2n) is 9.26. The number of anilines is 1. The van der Waals surface area contributed by atoms with Crippen LogP contribution in [0.3, 0.4) is 0 Å². The summed E-state index contributed by atoms with van der Waals surface area (Å²) in [6.45, 7) is 5.44. The highest BCUT2D eigenvalue weighted by atomic mass is 16.5. The average Bonchev–Trinajstić information content (AvgIpc) is 3.36. The van der Waals surface area contributed by atoms with Gasteiger partial charge in [-0.3, -0.25) is 24.6 Å². The van der Waals surface area contributed by atoms with Crippen molar-refractivity contribution in [1.29, 1.82) is 0 Å². The maximum Gasteiger partial charge on any atom is 0.250 e. The van der Waals surface area contributed by atoms with Crippen molar-refractivity contribution < 1.29 is 24.2 Å². The quantitative estimate of drug-likeness (QED) is 0.612. The number of para-hydroxylation sites is 1. The summed E-state index contributed by atoms with van der Waals surface area (Å²) in [5.74, 6) is -2.42. The lowest BCUT2D eigenvalue weighted by Gasteiger charge is -2.30. The van der Waals surface area contributed by atoms with Gasteiger partial charge >= 0.3 is 0 Å². The van der Waals surface area contributed by atoms with Crippen LogP contribution >= 0.6 is 0 Å². The van der Waals surface area contributed by atoms with E-state index in [0.29, 0.717) is 22.6 Å². The first-order valence-electron chi connectivity index (χ1n) is 11.1. The smallest absolute Gasteiger partial charge is 0.250 e. The Morgan fingerprint density at radius 2 is 1.88 bits per heavy atom. The topological polar surface area (TPSA) is 108 Å². The Balaban J connectivity index is 1.63. The van der Waals surface area contributed by atoms with Gasteiger partial charge in [0.25, 0.3) is 0 Å². The van der Waals surface area contributed by atoms with Gasteiger partial charge in [-0.1, -0.05) is 35.9 Å². The zero-order chi connectivity index (χ0) is 23.7. The lowest BCUT2D eigenvalue weighted by Crippen LogP contribution is -2.54. The summed E-state index contributed by atoms with van der Waals surface area (Å²) in [5.41, 5.74) is 2.43. The number of aliphatic hydroxyl groups excluding tert-OH is 1. The molecular weight excluding hydrogens is 422 g/mol. The first-order valence-corrected chi connectivity index (χ1v) is 11.1. The lowest BCUT2D eigenvalue weighted by molar-refractivity contribution is -0.143. The van der Waals surface area contributed by atoms with Gasteiger partial charge in [0.1, 0.15) is 11.3 Å². The summed E-state index contributed by atoms with van der Waals surface area (Å²) in [6.07, 6.45) is -0.942. The number of aryl methyl sites for hydroxylation is 2. The number of carbonyl (C=O) groups excluding carboxylic acids is 3. The number of aliphatic hydroxyl groups is 1. The van der Waals surface area contributed by atoms with Gasteiger partial charge in [-0.2, -0.15) is 0 Å². The molecule has 1 spiro atoms. The van der Waals surface area contributed by atoms with Crippen LogP contribution in [-0.4, -0.2) is 47.0 Å². The molecule has 2 fully saturated rings. The zero-order valence-corrected chi connectivity index (χ0v) is 19.0. The van der Waals surface area contributed by atoms with Gasteiger partial charge in [-0.05, 0) is 32.4 Å². The van der Waals surface area contributed by atoms with E-state index in [4.69, 9.17) is 4.74 Å². The van der Waals surface area contributed by atoms with Crippen molar-refractivity contribution in [2.75, 3.05) is 12.4 Å². The third-order valence-corrected chi connectivity index (χ3v) is 7.23. The molecule has 8 nitrogen and oxygen atoms in total. The maximum atomic E-state index is 13.8. The summed E-state index contributed by atoms with van der Waals surface area (Å²) in [4.78, 5) is 42.1. The maximum absolute atomic E-state index is 13.8. The molecule has 2 saturated heterocycles. The van der Waals surface area contributed by atoms with Crippen molar-refractivity contribution >= 4 is 23.4 Å². The monoisotopic (exact) mass is 449 g/mol. The van der Waals surface area contributed by atoms with E-state index in [1.165, 1.54) is 12.0 Å². The van der Waals surface area contributed by atoms with Gasteiger partial charge in [0.15, 0.2) is 0 Å². The molecule has 33 heavy (non-hydrogen) atoms. The Hall–Kier alpha value is -3.23. The van der Waals surface area contributed by atoms with Crippen LogP contribution < -0.4 is 15.4 Å². The van der Waals surface area contributed by atoms with Crippen LogP contribution in [-0.2, 0) is 26.5 Å². The second kappa shape index (κ2) is 7.40. The Morgan fingerprint density at radius 1 is 1.15 bits per heavy atom. The van der Waals surface area contributed by atoms with Crippen LogP contribution in [0.5, 0.6) is 5.75 Å². The normalized spacial score (nSPS) is 28.8. The number of hydrogen-bond acceptors (Lipinski definition) is 6. The third kappa shape index (κ3) is 2.87. The molecule has 0 radical (unpaired) electrons. The van der Waals surface area contributed by atoms with Crippen LogP contribution in [0, 0.1) is 25.7 Å². The Labute approximate surface area is 191 Å². The highest BCUT2D eigenvalue weighted by molar-refractivity contribution is 6.15. The van der Waals surface area contributed by atoms with Gasteiger partial charge < -0.3 is 15.2 Å². The third-order valence-electron chi connectivity index (χ3n) is 7.23. The molecule has 0 aromatic heterocycles. The number of fused-ring (bicyclic) bond motifs is 4.